The molecule has 0 saturated heterocycles. The van der Waals surface area contributed by atoms with Crippen LogP contribution in [0.3, 0.4) is 0 Å². The average Bonchev–Trinajstić information content (AvgIpc) is 2.24. The van der Waals surface area contributed by atoms with Gasteiger partial charge in [-0.2, -0.15) is 0 Å². The second-order valence-electron chi connectivity index (χ2n) is 5.49. The fourth-order valence-corrected chi connectivity index (χ4v) is 1.40. The van der Waals surface area contributed by atoms with E-state index >= 15 is 0 Å². The van der Waals surface area contributed by atoms with E-state index in [1.165, 1.54) is 0 Å². The third-order valence-corrected chi connectivity index (χ3v) is 2.20. The number of aromatic nitrogens is 1. The number of nitrogens with zero attached hydrogens (tertiary/aromatic N) is 3. The number of pyridine rings is 1. The fourth-order valence-electron chi connectivity index (χ4n) is 1.40. The Morgan fingerprint density at radius 3 is 2.67 bits per heavy atom. The van der Waals surface area contributed by atoms with E-state index in [1.54, 1.807) is 6.20 Å². The molecule has 1 aromatic heterocycles. The molecule has 18 heavy (non-hydrogen) atoms. The molecule has 100 valence electrons. The van der Waals surface area contributed by atoms with Gasteiger partial charge in [-0.15, -0.1) is 0 Å². The number of nitrogens with one attached hydrogen (secondary N) is 1. The van der Waals surface area contributed by atoms with Crippen molar-refractivity contribution < 1.29 is 0 Å². The lowest BCUT2D eigenvalue weighted by molar-refractivity contribution is 0.508. The topological polar surface area (TPSA) is 66.5 Å². The maximum atomic E-state index is 5.82. The molecule has 0 aromatic carbocycles. The number of nitrogens with two attached hydrogens (primary N) is 1. The van der Waals surface area contributed by atoms with Crippen molar-refractivity contribution in [2.24, 2.45) is 10.7 Å². The normalized spacial score (nSPS) is 12.4. The molecule has 0 bridgehead atoms. The zero-order chi connectivity index (χ0) is 13.8. The summed E-state index contributed by atoms with van der Waals surface area (Å²) in [6.45, 7) is 6.70. The van der Waals surface area contributed by atoms with Crippen LogP contribution in [-0.2, 0) is 6.54 Å². The monoisotopic (exact) mass is 249 g/mol. The van der Waals surface area contributed by atoms with Gasteiger partial charge >= 0.3 is 0 Å². The van der Waals surface area contributed by atoms with Gasteiger partial charge in [0.05, 0.1) is 6.54 Å². The van der Waals surface area contributed by atoms with Crippen molar-refractivity contribution in [1.29, 1.82) is 0 Å². The van der Waals surface area contributed by atoms with E-state index in [2.05, 4.69) is 15.3 Å². The highest BCUT2D eigenvalue weighted by molar-refractivity contribution is 5.78. The molecule has 3 N–H and O–H groups in total. The number of rotatable bonds is 3. The van der Waals surface area contributed by atoms with E-state index < -0.39 is 0 Å². The van der Waals surface area contributed by atoms with E-state index in [0.29, 0.717) is 12.5 Å². The zero-order valence-electron chi connectivity index (χ0n) is 11.9. The van der Waals surface area contributed by atoms with Crippen LogP contribution in [-0.4, -0.2) is 30.6 Å². The van der Waals surface area contributed by atoms with Crippen molar-refractivity contribution in [3.63, 3.8) is 0 Å². The molecule has 1 heterocycles. The minimum absolute atomic E-state index is 0.0688. The lowest BCUT2D eigenvalue weighted by Gasteiger charge is -2.21. The van der Waals surface area contributed by atoms with Gasteiger partial charge in [-0.1, -0.05) is 0 Å². The molecule has 0 radical (unpaired) electrons. The van der Waals surface area contributed by atoms with Crippen LogP contribution >= 0.6 is 0 Å². The molecule has 0 atom stereocenters. The largest absolute Gasteiger partial charge is 0.370 e. The van der Waals surface area contributed by atoms with Crippen molar-refractivity contribution >= 4 is 11.8 Å². The number of hydrogen-bond acceptors (Lipinski definition) is 3. The Morgan fingerprint density at radius 2 is 2.11 bits per heavy atom. The summed E-state index contributed by atoms with van der Waals surface area (Å²) in [5, 5.41) is 3.13. The van der Waals surface area contributed by atoms with Crippen LogP contribution in [0.25, 0.3) is 0 Å². The van der Waals surface area contributed by atoms with Gasteiger partial charge in [0.25, 0.3) is 0 Å². The van der Waals surface area contributed by atoms with Crippen LogP contribution in [0.4, 0.5) is 5.82 Å². The first kappa shape index (κ1) is 14.3. The number of anilines is 1. The first-order valence-electron chi connectivity index (χ1n) is 5.98. The van der Waals surface area contributed by atoms with Crippen LogP contribution in [0, 0.1) is 0 Å². The second kappa shape index (κ2) is 5.71. The third-order valence-electron chi connectivity index (χ3n) is 2.20. The van der Waals surface area contributed by atoms with Gasteiger partial charge in [0, 0.05) is 25.8 Å². The molecule has 1 rings (SSSR count). The molecular formula is C13H23N5. The minimum atomic E-state index is -0.0688. The molecule has 0 aliphatic carbocycles. The Bertz CT molecular complexity index is 418. The van der Waals surface area contributed by atoms with Gasteiger partial charge < -0.3 is 16.0 Å². The zero-order valence-corrected chi connectivity index (χ0v) is 11.9. The van der Waals surface area contributed by atoms with Crippen LogP contribution in [0.2, 0.25) is 0 Å². The van der Waals surface area contributed by atoms with Gasteiger partial charge in [0.1, 0.15) is 5.82 Å². The summed E-state index contributed by atoms with van der Waals surface area (Å²) >= 11 is 0. The lowest BCUT2D eigenvalue weighted by atomic mass is 10.1. The summed E-state index contributed by atoms with van der Waals surface area (Å²) in [5.74, 6) is 1.38. The summed E-state index contributed by atoms with van der Waals surface area (Å²) in [7, 11) is 3.93. The van der Waals surface area contributed by atoms with Gasteiger partial charge in [-0.05, 0) is 38.5 Å². The smallest absolute Gasteiger partial charge is 0.189 e. The molecule has 0 aliphatic heterocycles. The SMILES string of the molecule is CN(C)c1cc(CN=C(N)NC(C)(C)C)ccn1. The number of guanidine groups is 1. The molecule has 0 aliphatic rings. The van der Waals surface area contributed by atoms with Crippen LogP contribution in [0.1, 0.15) is 26.3 Å². The van der Waals surface area contributed by atoms with Crippen molar-refractivity contribution in [3.05, 3.63) is 23.9 Å². The molecule has 1 aromatic rings. The highest BCUT2D eigenvalue weighted by Gasteiger charge is 2.09. The Hall–Kier alpha value is -1.78. The number of aliphatic imine (C=N–C) groups is 1. The summed E-state index contributed by atoms with van der Waals surface area (Å²) in [4.78, 5) is 10.5. The first-order valence-corrected chi connectivity index (χ1v) is 5.98. The molecule has 5 heteroatoms. The average molecular weight is 249 g/mol. The van der Waals surface area contributed by atoms with Crippen LogP contribution in [0.15, 0.2) is 23.3 Å². The maximum Gasteiger partial charge on any atom is 0.189 e. The molecule has 0 amide bonds. The number of hydrogen-bond donors (Lipinski definition) is 2. The molecule has 0 fully saturated rings. The molecular weight excluding hydrogens is 226 g/mol. The predicted octanol–water partition coefficient (Wildman–Crippen LogP) is 1.35. The van der Waals surface area contributed by atoms with Crippen molar-refractivity contribution in [1.82, 2.24) is 10.3 Å². The van der Waals surface area contributed by atoms with E-state index in [-0.39, 0.29) is 5.54 Å². The first-order chi connectivity index (χ1) is 8.28. The molecule has 0 saturated carbocycles. The Balaban J connectivity index is 2.68. The second-order valence-corrected chi connectivity index (χ2v) is 5.49. The highest BCUT2D eigenvalue weighted by atomic mass is 15.1. The van der Waals surface area contributed by atoms with Gasteiger partial charge in [0.15, 0.2) is 5.96 Å². The van der Waals surface area contributed by atoms with Crippen LogP contribution < -0.4 is 16.0 Å². The molecule has 0 unspecified atom stereocenters. The fraction of sp³-hybridized carbons (Fsp3) is 0.538. The van der Waals surface area contributed by atoms with Crippen molar-refractivity contribution in [2.75, 3.05) is 19.0 Å². The quantitative estimate of drug-likeness (QED) is 0.627. The van der Waals surface area contributed by atoms with Gasteiger partial charge in [-0.3, -0.25) is 0 Å². The summed E-state index contributed by atoms with van der Waals surface area (Å²) in [5.41, 5.74) is 6.84. The predicted molar refractivity (Wildman–Crippen MR) is 76.8 cm³/mol. The van der Waals surface area contributed by atoms with Crippen LogP contribution in [0.5, 0.6) is 0 Å². The van der Waals surface area contributed by atoms with Crippen molar-refractivity contribution in [2.45, 2.75) is 32.9 Å². The highest BCUT2D eigenvalue weighted by Crippen LogP contribution is 2.10. The van der Waals surface area contributed by atoms with Crippen molar-refractivity contribution in [3.8, 4) is 0 Å². The van der Waals surface area contributed by atoms with E-state index in [4.69, 9.17) is 5.73 Å². The minimum Gasteiger partial charge on any atom is -0.370 e. The van der Waals surface area contributed by atoms with Gasteiger partial charge in [-0.25, -0.2) is 9.98 Å². The van der Waals surface area contributed by atoms with Gasteiger partial charge in [0.2, 0.25) is 0 Å². The summed E-state index contributed by atoms with van der Waals surface area (Å²) in [6, 6.07) is 3.95. The van der Waals surface area contributed by atoms with E-state index in [0.717, 1.165) is 11.4 Å². The molecule has 5 nitrogen and oxygen atoms in total. The summed E-state index contributed by atoms with van der Waals surface area (Å²) < 4.78 is 0. The molecule has 0 spiro atoms. The Morgan fingerprint density at radius 1 is 1.44 bits per heavy atom. The van der Waals surface area contributed by atoms with E-state index in [9.17, 15) is 0 Å². The third kappa shape index (κ3) is 5.03. The maximum absolute atomic E-state index is 5.82. The standard InChI is InChI=1S/C13H23N5/c1-13(2,3)17-12(14)16-9-10-6-7-15-11(8-10)18(4)5/h6-8H,9H2,1-5H3,(H3,14,16,17). The lowest BCUT2D eigenvalue weighted by Crippen LogP contribution is -2.44. The Labute approximate surface area is 109 Å². The summed E-state index contributed by atoms with van der Waals surface area (Å²) in [6.07, 6.45) is 1.79. The van der Waals surface area contributed by atoms with E-state index in [1.807, 2.05) is 51.9 Å². The Kier molecular flexibility index (Phi) is 4.53.